The van der Waals surface area contributed by atoms with Crippen molar-refractivity contribution in [2.75, 3.05) is 64.0 Å². The average Bonchev–Trinajstić information content (AvgIpc) is 0.852. The molecule has 0 radical (unpaired) electrons. The minimum atomic E-state index is -1.96. The summed E-state index contributed by atoms with van der Waals surface area (Å²) < 4.78 is 0. The molecule has 1 aliphatic rings. The number of carbonyl (C=O) groups is 16. The second-order valence-corrected chi connectivity index (χ2v) is 27.9. The maximum atomic E-state index is 14.6. The molecule has 1 aromatic carbocycles. The van der Waals surface area contributed by atoms with E-state index in [-0.39, 0.29) is 95.3 Å². The number of amides is 14. The zero-order chi connectivity index (χ0) is 82.7. The Kier molecular flexibility index (Phi) is 43.9. The van der Waals surface area contributed by atoms with E-state index in [0.29, 0.717) is 5.56 Å². The van der Waals surface area contributed by atoms with Crippen molar-refractivity contribution in [2.24, 2.45) is 66.9 Å². The highest BCUT2D eigenvalue weighted by Gasteiger charge is 2.38. The molecule has 44 nitrogen and oxygen atoms in total. The number of carboxylic acid groups (broad SMARTS) is 2. The Morgan fingerprint density at radius 1 is 0.518 bits per heavy atom. The van der Waals surface area contributed by atoms with Gasteiger partial charge in [-0.05, 0) is 62.8 Å². The van der Waals surface area contributed by atoms with Crippen LogP contribution in [0.5, 0.6) is 0 Å². The highest BCUT2D eigenvalue weighted by Crippen LogP contribution is 2.24. The lowest BCUT2D eigenvalue weighted by molar-refractivity contribution is -0.142. The summed E-state index contributed by atoms with van der Waals surface area (Å²) in [5.41, 5.74) is 39.1. The number of carboxylic acids is 2. The predicted molar refractivity (Wildman–Crippen MR) is 402 cm³/mol. The molecule has 1 aliphatic heterocycles. The number of benzene rings is 1. The standard InChI is InChI=1S/C64H106N24O20S2/c1-6-31(3)48-59(105)77-26-45(92)78-33(5)50(96)86-43(61(107)108)30-110-109-29-42(85-57(103)41(28-90)84-56(102)40(27-89)83-51(97)35(65)16-11-19-72-62(66)67)58(104)81-38(22-34-14-9-8-10-15-34)52(98)76-24-44(91)75-25-46(93)79-36(17-12-20-73-63(68)69)53(99)88-49(32(4)7-2)60(106)82-39(23-47(94)95)55(101)80-37(54(100)87-48)18-13-21-74-64(70)71/h8-10,14-15,31-33,35-43,48-49,89-90H,6-7,11-13,16-30,65H2,1-5H3,(H,75,91)(H,76,98)(H,77,105)(H,78,92)(H,79,93)(H,80,101)(H,81,104)(H,82,106)(H,83,97)(H,84,102)(H,85,103)(H,86,96)(H,87,100)(H,88,99)(H,94,95)(H,107,108)(H4,66,67,72)(H4,68,69,73)(H4,70,71,74)/t31-,32-,33-,35-,36?,37-,38-,39?,40-,41-,42-,43?,48-,49-/m0/s1. The molecule has 110 heavy (non-hydrogen) atoms. The fourth-order valence-electron chi connectivity index (χ4n) is 9.87. The van der Waals surface area contributed by atoms with Gasteiger partial charge in [-0.3, -0.25) is 86.9 Å². The Balaban J connectivity index is 2.78. The van der Waals surface area contributed by atoms with E-state index in [0.717, 1.165) is 21.6 Å². The Labute approximate surface area is 641 Å². The first-order valence-electron chi connectivity index (χ1n) is 35.0. The Morgan fingerprint density at radius 3 is 1.52 bits per heavy atom. The van der Waals surface area contributed by atoms with E-state index in [9.17, 15) is 97.1 Å². The highest BCUT2D eigenvalue weighted by molar-refractivity contribution is 8.76. The largest absolute Gasteiger partial charge is 0.481 e. The highest BCUT2D eigenvalue weighted by atomic mass is 33.1. The maximum absolute atomic E-state index is 14.6. The van der Waals surface area contributed by atoms with Crippen LogP contribution in [0.15, 0.2) is 45.3 Å². The molecular formula is C64H106N24O20S2. The van der Waals surface area contributed by atoms with Gasteiger partial charge in [0.15, 0.2) is 17.9 Å². The third-order valence-electron chi connectivity index (χ3n) is 16.5. The Bertz CT molecular complexity index is 3400. The number of rotatable bonds is 29. The lowest BCUT2D eigenvalue weighted by Crippen LogP contribution is -2.61. The van der Waals surface area contributed by atoms with Crippen molar-refractivity contribution in [3.63, 3.8) is 0 Å². The van der Waals surface area contributed by atoms with Crippen LogP contribution in [-0.2, 0) is 83.1 Å². The van der Waals surface area contributed by atoms with Crippen molar-refractivity contribution >= 4 is 134 Å². The lowest BCUT2D eigenvalue weighted by Gasteiger charge is -2.29. The molecule has 3 unspecified atom stereocenters. The summed E-state index contributed by atoms with van der Waals surface area (Å²) in [5.74, 6) is -21.4. The molecule has 46 heteroatoms. The number of nitrogens with zero attached hydrogens (tertiary/aromatic N) is 3. The van der Waals surface area contributed by atoms with Gasteiger partial charge in [-0.2, -0.15) is 0 Å². The van der Waals surface area contributed by atoms with E-state index in [2.05, 4.69) is 89.4 Å². The molecule has 14 amide bonds. The summed E-state index contributed by atoms with van der Waals surface area (Å²) in [6.45, 7) is 2.73. The number of carbonyl (C=O) groups excluding carboxylic acids is 14. The summed E-state index contributed by atoms with van der Waals surface area (Å²) in [6, 6.07) is -11.6. The minimum Gasteiger partial charge on any atom is -0.481 e. The minimum absolute atomic E-state index is 0.0139. The van der Waals surface area contributed by atoms with Gasteiger partial charge in [0.2, 0.25) is 82.7 Å². The van der Waals surface area contributed by atoms with E-state index in [1.165, 1.54) is 13.8 Å². The van der Waals surface area contributed by atoms with Crippen LogP contribution in [0.2, 0.25) is 0 Å². The molecule has 1 aromatic rings. The van der Waals surface area contributed by atoms with Crippen molar-refractivity contribution in [1.82, 2.24) is 74.4 Å². The zero-order valence-corrected chi connectivity index (χ0v) is 63.3. The molecule has 32 N–H and O–H groups in total. The first-order chi connectivity index (χ1) is 51.9. The molecule has 1 saturated heterocycles. The maximum Gasteiger partial charge on any atom is 0.327 e. The molecule has 2 rings (SSSR count). The summed E-state index contributed by atoms with van der Waals surface area (Å²) in [7, 11) is 1.46. The molecule has 0 aliphatic carbocycles. The average molecular weight is 1600 g/mol. The van der Waals surface area contributed by atoms with Crippen LogP contribution in [0.3, 0.4) is 0 Å². The number of nitrogens with one attached hydrogen (secondary N) is 14. The number of aliphatic hydroxyl groups excluding tert-OH is 2. The van der Waals surface area contributed by atoms with Gasteiger partial charge in [0, 0.05) is 37.6 Å². The van der Waals surface area contributed by atoms with Crippen LogP contribution in [0.1, 0.15) is 98.0 Å². The predicted octanol–water partition coefficient (Wildman–Crippen LogP) is -10.6. The quantitative estimate of drug-likeness (QED) is 0.0153. The SMILES string of the molecule is CC[C@H](C)[C@@H]1NC(=O)C(CCCN=C(N)N)NC(=O)CNC(=O)CNC(=O)[C@H](Cc2ccccc2)NC(=O)[C@@H](NC(=O)[C@H](CO)NC(=O)[C@H](CO)NC(=O)[C@@H](N)CCCN=C(N)N)CSSCC(C(=O)O)NC(=O)[C@H](C)NC(=O)CNC(=O)[C@H]([C@@H](C)CC)NC(=O)[C@H](CCCN=C(N)N)NC(=O)C(CC(=O)O)NC1=O. The number of hydrogen-bond donors (Lipinski definition) is 25. The van der Waals surface area contributed by atoms with Crippen LogP contribution in [0.4, 0.5) is 0 Å². The van der Waals surface area contributed by atoms with Crippen molar-refractivity contribution in [2.45, 2.75) is 171 Å². The number of aliphatic carboxylic acids is 2. The van der Waals surface area contributed by atoms with E-state index < -0.39 is 230 Å². The van der Waals surface area contributed by atoms with Crippen molar-refractivity contribution in [3.05, 3.63) is 35.9 Å². The van der Waals surface area contributed by atoms with Gasteiger partial charge < -0.3 is 135 Å². The smallest absolute Gasteiger partial charge is 0.327 e. The molecule has 0 aromatic heterocycles. The van der Waals surface area contributed by atoms with Crippen molar-refractivity contribution < 1.29 is 97.1 Å². The van der Waals surface area contributed by atoms with Gasteiger partial charge >= 0.3 is 11.9 Å². The van der Waals surface area contributed by atoms with E-state index in [1.54, 1.807) is 51.1 Å². The summed E-state index contributed by atoms with van der Waals surface area (Å²) in [5, 5.41) is 73.9. The Morgan fingerprint density at radius 2 is 0.982 bits per heavy atom. The lowest BCUT2D eigenvalue weighted by atomic mass is 9.96. The van der Waals surface area contributed by atoms with Gasteiger partial charge in [0.25, 0.3) is 0 Å². The van der Waals surface area contributed by atoms with Crippen LogP contribution in [0, 0.1) is 11.8 Å². The number of nitrogens with two attached hydrogens (primary N) is 7. The first-order valence-corrected chi connectivity index (χ1v) is 37.4. The molecular weight excluding hydrogens is 1490 g/mol. The van der Waals surface area contributed by atoms with Crippen LogP contribution in [0.25, 0.3) is 0 Å². The van der Waals surface area contributed by atoms with E-state index >= 15 is 0 Å². The number of aliphatic imine (C=N–C) groups is 3. The van der Waals surface area contributed by atoms with Gasteiger partial charge in [0.05, 0.1) is 45.3 Å². The van der Waals surface area contributed by atoms with Crippen molar-refractivity contribution in [1.29, 1.82) is 0 Å². The van der Waals surface area contributed by atoms with Gasteiger partial charge in [0.1, 0.15) is 66.5 Å². The van der Waals surface area contributed by atoms with Crippen LogP contribution >= 0.6 is 21.6 Å². The second kappa shape index (κ2) is 50.7. The normalized spacial score (nSPS) is 22.6. The van der Waals surface area contributed by atoms with Gasteiger partial charge in [-0.1, -0.05) is 92.5 Å². The summed E-state index contributed by atoms with van der Waals surface area (Å²) >= 11 is 0. The number of aliphatic hydroxyl groups is 2. The van der Waals surface area contributed by atoms with E-state index in [1.807, 2.05) is 0 Å². The molecule has 614 valence electrons. The van der Waals surface area contributed by atoms with Crippen LogP contribution < -0.4 is 115 Å². The zero-order valence-electron chi connectivity index (χ0n) is 61.6. The van der Waals surface area contributed by atoms with Gasteiger partial charge in [-0.15, -0.1) is 0 Å². The third kappa shape index (κ3) is 36.8. The Hall–Kier alpha value is -10.9. The summed E-state index contributed by atoms with van der Waals surface area (Å²) in [6.07, 6.45) is -1.21. The second-order valence-electron chi connectivity index (χ2n) is 25.3. The van der Waals surface area contributed by atoms with Crippen LogP contribution in [-0.4, -0.2) is 269 Å². The third-order valence-corrected chi connectivity index (χ3v) is 18.9. The monoisotopic (exact) mass is 1590 g/mol. The molecule has 14 atom stereocenters. The first kappa shape index (κ1) is 95.2. The number of guanidine groups is 3. The molecule has 0 bridgehead atoms. The molecule has 0 spiro atoms. The molecule has 1 heterocycles. The molecule has 1 fully saturated rings. The van der Waals surface area contributed by atoms with E-state index in [4.69, 9.17) is 40.1 Å². The fraction of sp³-hybridized carbons (Fsp3) is 0.609. The van der Waals surface area contributed by atoms with Crippen molar-refractivity contribution in [3.8, 4) is 0 Å². The number of hydrogen-bond acceptors (Lipinski definition) is 24. The molecule has 0 saturated carbocycles. The summed E-state index contributed by atoms with van der Waals surface area (Å²) in [4.78, 5) is 231. The van der Waals surface area contributed by atoms with Gasteiger partial charge in [-0.25, -0.2) is 4.79 Å². The fourth-order valence-corrected chi connectivity index (χ4v) is 12.2. The topological polar surface area (TPSA) is 742 Å².